The molecule has 164 valence electrons. The fraction of sp³-hybridized carbons (Fsp3) is 0.462. The zero-order valence-corrected chi connectivity index (χ0v) is 19.2. The Hall–Kier alpha value is -2.50. The van der Waals surface area contributed by atoms with Crippen LogP contribution in [-0.4, -0.2) is 64.8 Å². The summed E-state index contributed by atoms with van der Waals surface area (Å²) < 4.78 is 2.28. The molecule has 0 bridgehead atoms. The van der Waals surface area contributed by atoms with Gasteiger partial charge in [-0.15, -0.1) is 0 Å². The summed E-state index contributed by atoms with van der Waals surface area (Å²) in [6, 6.07) is 0.173. The topological polar surface area (TPSA) is 36.7 Å². The highest BCUT2D eigenvalue weighted by Crippen LogP contribution is 2.38. The second kappa shape index (κ2) is 9.75. The van der Waals surface area contributed by atoms with E-state index < -0.39 is 0 Å². The highest BCUT2D eigenvalue weighted by Gasteiger charge is 2.33. The second-order valence-electron chi connectivity index (χ2n) is 8.57. The third-order valence-corrected chi connectivity index (χ3v) is 6.60. The molecule has 0 N–H and O–H groups in total. The molecule has 0 spiro atoms. The van der Waals surface area contributed by atoms with Gasteiger partial charge in [0.25, 0.3) is 0 Å². The summed E-state index contributed by atoms with van der Waals surface area (Å²) in [5, 5.41) is 0. The van der Waals surface area contributed by atoms with Crippen molar-refractivity contribution in [3.05, 3.63) is 77.1 Å². The van der Waals surface area contributed by atoms with Crippen LogP contribution in [0.2, 0.25) is 0 Å². The van der Waals surface area contributed by atoms with Crippen molar-refractivity contribution in [2.24, 2.45) is 4.99 Å². The quantitative estimate of drug-likeness (QED) is 0.697. The van der Waals surface area contributed by atoms with Gasteiger partial charge in [-0.2, -0.15) is 0 Å². The lowest BCUT2D eigenvalue weighted by molar-refractivity contribution is 0.138. The largest absolute Gasteiger partial charge is 0.331 e. The molecule has 1 unspecified atom stereocenters. The molecule has 1 aliphatic carbocycles. The van der Waals surface area contributed by atoms with E-state index in [-0.39, 0.29) is 6.04 Å². The first-order valence-corrected chi connectivity index (χ1v) is 11.5. The van der Waals surface area contributed by atoms with Gasteiger partial charge in [0.15, 0.2) is 0 Å². The van der Waals surface area contributed by atoms with E-state index in [1.165, 1.54) is 28.0 Å². The minimum Gasteiger partial charge on any atom is -0.331 e. The predicted octanol–water partition coefficient (Wildman–Crippen LogP) is 4.18. The fourth-order valence-electron chi connectivity index (χ4n) is 4.92. The van der Waals surface area contributed by atoms with Crippen molar-refractivity contribution in [1.29, 1.82) is 0 Å². The second-order valence-corrected chi connectivity index (χ2v) is 8.57. The van der Waals surface area contributed by atoms with Crippen molar-refractivity contribution in [2.75, 3.05) is 33.2 Å². The average molecular weight is 418 g/mol. The van der Waals surface area contributed by atoms with E-state index in [2.05, 4.69) is 77.5 Å². The van der Waals surface area contributed by atoms with E-state index in [1.54, 1.807) is 0 Å². The molecule has 1 fully saturated rings. The van der Waals surface area contributed by atoms with Gasteiger partial charge in [-0.3, -0.25) is 9.89 Å². The molecule has 5 heteroatoms. The molecule has 3 heterocycles. The number of hydrogen-bond acceptors (Lipinski definition) is 4. The Balaban J connectivity index is 1.84. The van der Waals surface area contributed by atoms with Gasteiger partial charge in [0.05, 0.1) is 11.7 Å². The maximum absolute atomic E-state index is 5.04. The van der Waals surface area contributed by atoms with Crippen molar-refractivity contribution in [3.8, 4) is 0 Å². The Kier molecular flexibility index (Phi) is 6.83. The molecule has 5 nitrogen and oxygen atoms in total. The molecule has 31 heavy (non-hydrogen) atoms. The van der Waals surface area contributed by atoms with Crippen LogP contribution in [0.5, 0.6) is 0 Å². The van der Waals surface area contributed by atoms with Gasteiger partial charge < -0.3 is 9.47 Å². The molecule has 0 radical (unpaired) electrons. The number of rotatable bonds is 6. The Bertz CT molecular complexity index is 964. The third kappa shape index (κ3) is 4.43. The lowest BCUT2D eigenvalue weighted by atomic mass is 9.92. The SMILES string of the molecule is C=CC1=C(/C=C\C)C(N2CCN(C)CC2)C2=C(CCC=N2)C(Cn2ccnc2CC)=C1. The van der Waals surface area contributed by atoms with E-state index in [1.807, 2.05) is 12.3 Å². The lowest BCUT2D eigenvalue weighted by Crippen LogP contribution is -2.50. The van der Waals surface area contributed by atoms with Gasteiger partial charge in [-0.05, 0) is 55.2 Å². The van der Waals surface area contributed by atoms with E-state index in [0.29, 0.717) is 0 Å². The molecule has 0 amide bonds. The van der Waals surface area contributed by atoms with Crippen molar-refractivity contribution in [1.82, 2.24) is 19.4 Å². The molecule has 0 saturated carbocycles. The Morgan fingerprint density at radius 2 is 2.03 bits per heavy atom. The molecule has 1 atom stereocenters. The van der Waals surface area contributed by atoms with Gasteiger partial charge >= 0.3 is 0 Å². The highest BCUT2D eigenvalue weighted by atomic mass is 15.3. The van der Waals surface area contributed by atoms with Crippen LogP contribution in [0.25, 0.3) is 0 Å². The Morgan fingerprint density at radius 1 is 1.23 bits per heavy atom. The normalized spacial score (nSPS) is 23.3. The van der Waals surface area contributed by atoms with Gasteiger partial charge in [-0.1, -0.05) is 31.7 Å². The van der Waals surface area contributed by atoms with Crippen molar-refractivity contribution < 1.29 is 0 Å². The molecule has 1 aromatic rings. The number of hydrogen-bond donors (Lipinski definition) is 0. The predicted molar refractivity (Wildman–Crippen MR) is 129 cm³/mol. The fourth-order valence-corrected chi connectivity index (χ4v) is 4.92. The highest BCUT2D eigenvalue weighted by molar-refractivity contribution is 5.67. The lowest BCUT2D eigenvalue weighted by Gasteiger charge is -2.39. The standard InChI is InChI=1S/C26H35N5/c1-5-9-23-20(6-2)18-21(19-31-13-12-27-24(31)7-3)22-10-8-11-28-25(22)26(23)30-16-14-29(4)15-17-30/h5-6,9,11-13,18,26H,2,7-8,10,14-17,19H2,1,3-4H3/b9-5-. The summed E-state index contributed by atoms with van der Waals surface area (Å²) in [5.74, 6) is 1.13. The molecule has 1 aromatic heterocycles. The maximum atomic E-state index is 5.04. The van der Waals surface area contributed by atoms with Crippen molar-refractivity contribution in [3.63, 3.8) is 0 Å². The maximum Gasteiger partial charge on any atom is 0.108 e. The number of imidazole rings is 1. The minimum atomic E-state index is 0.173. The summed E-state index contributed by atoms with van der Waals surface area (Å²) in [6.45, 7) is 13.6. The smallest absolute Gasteiger partial charge is 0.108 e. The average Bonchev–Trinajstić information content (AvgIpc) is 3.20. The number of aliphatic imine (C=N–C) groups is 1. The van der Waals surface area contributed by atoms with Crippen molar-refractivity contribution in [2.45, 2.75) is 45.7 Å². The molecule has 4 rings (SSSR count). The van der Waals surface area contributed by atoms with E-state index in [4.69, 9.17) is 4.99 Å². The van der Waals surface area contributed by atoms with Gasteiger partial charge in [0.2, 0.25) is 0 Å². The zero-order valence-electron chi connectivity index (χ0n) is 19.2. The van der Waals surface area contributed by atoms with Crippen LogP contribution in [-0.2, 0) is 13.0 Å². The monoisotopic (exact) mass is 417 g/mol. The van der Waals surface area contributed by atoms with Crippen molar-refractivity contribution >= 4 is 6.21 Å². The first kappa shape index (κ1) is 21.7. The van der Waals surface area contributed by atoms with Crippen LogP contribution in [0.15, 0.2) is 76.3 Å². The van der Waals surface area contributed by atoms with Crippen LogP contribution in [0, 0.1) is 0 Å². The minimum absolute atomic E-state index is 0.173. The van der Waals surface area contributed by atoms with Crippen LogP contribution >= 0.6 is 0 Å². The summed E-state index contributed by atoms with van der Waals surface area (Å²) in [5.41, 5.74) is 6.49. The molecule has 2 aliphatic heterocycles. The van der Waals surface area contributed by atoms with Crippen LogP contribution in [0.4, 0.5) is 0 Å². The Labute approximate surface area is 186 Å². The number of nitrogens with zero attached hydrogens (tertiary/aromatic N) is 5. The molecule has 3 aliphatic rings. The molecular formula is C26H35N5. The summed E-state index contributed by atoms with van der Waals surface area (Å²) in [6.07, 6.45) is 17.9. The first-order chi connectivity index (χ1) is 15.2. The van der Waals surface area contributed by atoms with Crippen LogP contribution in [0.1, 0.15) is 32.5 Å². The van der Waals surface area contributed by atoms with E-state index in [0.717, 1.165) is 57.8 Å². The summed E-state index contributed by atoms with van der Waals surface area (Å²) in [4.78, 5) is 14.6. The Morgan fingerprint density at radius 3 is 2.74 bits per heavy atom. The number of aryl methyl sites for hydroxylation is 1. The summed E-state index contributed by atoms with van der Waals surface area (Å²) in [7, 11) is 2.21. The number of allylic oxidation sites excluding steroid dienone is 6. The van der Waals surface area contributed by atoms with Gasteiger partial charge in [0, 0.05) is 57.8 Å². The molecule has 0 aromatic carbocycles. The summed E-state index contributed by atoms with van der Waals surface area (Å²) >= 11 is 0. The van der Waals surface area contributed by atoms with E-state index in [9.17, 15) is 0 Å². The zero-order chi connectivity index (χ0) is 21.8. The number of piperazine rings is 1. The first-order valence-electron chi connectivity index (χ1n) is 11.5. The molecule has 1 saturated heterocycles. The van der Waals surface area contributed by atoms with Gasteiger partial charge in [0.1, 0.15) is 5.82 Å². The van der Waals surface area contributed by atoms with Gasteiger partial charge in [-0.25, -0.2) is 4.98 Å². The van der Waals surface area contributed by atoms with Crippen LogP contribution in [0.3, 0.4) is 0 Å². The van der Waals surface area contributed by atoms with Crippen LogP contribution < -0.4 is 0 Å². The number of likely N-dealkylation sites (N-methyl/N-ethyl adjacent to an activating group) is 1. The molecular weight excluding hydrogens is 382 g/mol. The third-order valence-electron chi connectivity index (χ3n) is 6.60. The number of aromatic nitrogens is 2. The van der Waals surface area contributed by atoms with E-state index >= 15 is 0 Å².